The van der Waals surface area contributed by atoms with Crippen molar-refractivity contribution in [3.05, 3.63) is 53.7 Å². The summed E-state index contributed by atoms with van der Waals surface area (Å²) in [5.74, 6) is 0.533. The van der Waals surface area contributed by atoms with Crippen molar-refractivity contribution in [2.45, 2.75) is 12.8 Å². The number of nitrogens with zero attached hydrogens (tertiary/aromatic N) is 7. The van der Waals surface area contributed by atoms with Crippen LogP contribution >= 0.6 is 11.6 Å². The molecule has 2 amide bonds. The third-order valence-electron chi connectivity index (χ3n) is 7.27. The zero-order valence-electron chi connectivity index (χ0n) is 21.7. The van der Waals surface area contributed by atoms with E-state index in [-0.39, 0.29) is 11.8 Å². The van der Waals surface area contributed by atoms with Crippen molar-refractivity contribution in [3.63, 3.8) is 0 Å². The predicted octanol–water partition coefficient (Wildman–Crippen LogP) is 3.14. The number of benzene rings is 1. The molecule has 39 heavy (non-hydrogen) atoms. The van der Waals surface area contributed by atoms with E-state index >= 15 is 0 Å². The number of aromatic nitrogens is 5. The number of fused-ring (bicyclic) bond motifs is 1. The largest absolute Gasteiger partial charge is 0.349 e. The second-order valence-electron chi connectivity index (χ2n) is 10.1. The lowest BCUT2D eigenvalue weighted by molar-refractivity contribution is -0.131. The Bertz CT molecular complexity index is 1520. The van der Waals surface area contributed by atoms with Gasteiger partial charge in [0.05, 0.1) is 29.1 Å². The number of likely N-dealkylation sites (tertiary alicyclic amines) is 1. The Hall–Kier alpha value is -3.96. The molecule has 2 fully saturated rings. The number of nitrogens with one attached hydrogen (secondary N) is 2. The third-order valence-corrected chi connectivity index (χ3v) is 7.56. The van der Waals surface area contributed by atoms with Gasteiger partial charge in [-0.1, -0.05) is 11.6 Å². The molecule has 2 saturated heterocycles. The number of amides is 2. The first kappa shape index (κ1) is 25.3. The standard InChI is InChI=1S/C27H30ClN9O2/c1-34-15-23(30-17-34)21-4-5-29-27(33-21)31-19-12-18-13-22(32-25(18)20(28)14-19)26(39)37-10-8-35(9-11-37)16-24(38)36-6-2-3-7-36/h4-5,12-15,17,32H,2-3,6-11,16H2,1H3,(H,29,31,33). The van der Waals surface area contributed by atoms with Crippen LogP contribution in [0.5, 0.6) is 0 Å². The first-order valence-corrected chi connectivity index (χ1v) is 13.5. The first-order valence-electron chi connectivity index (χ1n) is 13.1. The van der Waals surface area contributed by atoms with Crippen LogP contribution < -0.4 is 5.32 Å². The van der Waals surface area contributed by atoms with E-state index < -0.39 is 0 Å². The number of imidazole rings is 1. The molecule has 2 aliphatic heterocycles. The van der Waals surface area contributed by atoms with Crippen LogP contribution in [-0.4, -0.2) is 96.8 Å². The van der Waals surface area contributed by atoms with Crippen molar-refractivity contribution in [2.75, 3.05) is 51.1 Å². The minimum Gasteiger partial charge on any atom is -0.349 e. The van der Waals surface area contributed by atoms with Crippen molar-refractivity contribution >= 4 is 46.0 Å². The predicted molar refractivity (Wildman–Crippen MR) is 149 cm³/mol. The van der Waals surface area contributed by atoms with E-state index in [4.69, 9.17) is 11.6 Å². The summed E-state index contributed by atoms with van der Waals surface area (Å²) in [5, 5.41) is 4.50. The SMILES string of the molecule is Cn1cnc(-c2ccnc(Nc3cc(Cl)c4[nH]c(C(=O)N5CCN(CC(=O)N6CCCC6)CC5)cc4c3)n2)c1. The van der Waals surface area contributed by atoms with Crippen molar-refractivity contribution in [1.82, 2.24) is 39.2 Å². The molecule has 0 saturated carbocycles. The average molecular weight is 548 g/mol. The van der Waals surface area contributed by atoms with Crippen LogP contribution in [0.25, 0.3) is 22.3 Å². The summed E-state index contributed by atoms with van der Waals surface area (Å²) < 4.78 is 1.86. The fourth-order valence-electron chi connectivity index (χ4n) is 5.16. The van der Waals surface area contributed by atoms with Gasteiger partial charge in [0.2, 0.25) is 11.9 Å². The molecule has 0 aliphatic carbocycles. The Balaban J connectivity index is 1.12. The van der Waals surface area contributed by atoms with E-state index in [9.17, 15) is 9.59 Å². The van der Waals surface area contributed by atoms with Crippen LogP contribution in [-0.2, 0) is 11.8 Å². The minimum atomic E-state index is -0.0753. The molecule has 2 N–H and O–H groups in total. The van der Waals surface area contributed by atoms with Gasteiger partial charge in [-0.05, 0) is 37.1 Å². The molecule has 0 radical (unpaired) electrons. The number of aryl methyl sites for hydroxylation is 1. The summed E-state index contributed by atoms with van der Waals surface area (Å²) in [6.45, 7) is 4.66. The highest BCUT2D eigenvalue weighted by molar-refractivity contribution is 6.35. The van der Waals surface area contributed by atoms with Gasteiger partial charge in [0, 0.05) is 69.8 Å². The van der Waals surface area contributed by atoms with Crippen LogP contribution in [0, 0.1) is 0 Å². The molecule has 0 atom stereocenters. The number of anilines is 2. The van der Waals surface area contributed by atoms with E-state index in [1.54, 1.807) is 24.7 Å². The number of carbonyl (C=O) groups is 2. The van der Waals surface area contributed by atoms with E-state index in [1.165, 1.54) is 0 Å². The van der Waals surface area contributed by atoms with E-state index in [2.05, 4.69) is 30.2 Å². The molecule has 0 spiro atoms. The molecule has 1 aromatic carbocycles. The minimum absolute atomic E-state index is 0.0753. The number of hydrogen-bond donors (Lipinski definition) is 2. The molecule has 0 bridgehead atoms. The van der Waals surface area contributed by atoms with Crippen LogP contribution in [0.15, 0.2) is 43.0 Å². The Kier molecular flexibility index (Phi) is 6.92. The van der Waals surface area contributed by atoms with Crippen molar-refractivity contribution in [1.29, 1.82) is 0 Å². The Labute approximate surface area is 230 Å². The molecule has 3 aromatic heterocycles. The van der Waals surface area contributed by atoms with Crippen LogP contribution in [0.2, 0.25) is 5.02 Å². The number of H-pyrrole nitrogens is 1. The van der Waals surface area contributed by atoms with E-state index in [1.807, 2.05) is 39.7 Å². The number of aromatic amines is 1. The topological polar surface area (TPSA) is 115 Å². The van der Waals surface area contributed by atoms with Gasteiger partial charge in [-0.25, -0.2) is 15.0 Å². The summed E-state index contributed by atoms with van der Waals surface area (Å²) >= 11 is 6.59. The van der Waals surface area contributed by atoms with Crippen molar-refractivity contribution in [3.8, 4) is 11.4 Å². The van der Waals surface area contributed by atoms with Gasteiger partial charge in [-0.15, -0.1) is 0 Å². The van der Waals surface area contributed by atoms with Gasteiger partial charge < -0.3 is 24.7 Å². The normalized spacial score (nSPS) is 16.3. The monoisotopic (exact) mass is 547 g/mol. The number of piperazine rings is 1. The molecule has 0 unspecified atom stereocenters. The number of hydrogen-bond acceptors (Lipinski definition) is 7. The van der Waals surface area contributed by atoms with E-state index in [0.717, 1.165) is 37.0 Å². The maximum Gasteiger partial charge on any atom is 0.270 e. The van der Waals surface area contributed by atoms with Gasteiger partial charge in [-0.3, -0.25) is 14.5 Å². The molecule has 202 valence electrons. The summed E-state index contributed by atoms with van der Waals surface area (Å²) in [7, 11) is 1.91. The molecule has 4 aromatic rings. The third kappa shape index (κ3) is 5.45. The molecule has 6 rings (SSSR count). The summed E-state index contributed by atoms with van der Waals surface area (Å²) in [6, 6.07) is 7.32. The van der Waals surface area contributed by atoms with Crippen LogP contribution in [0.3, 0.4) is 0 Å². The highest BCUT2D eigenvalue weighted by Gasteiger charge is 2.26. The lowest BCUT2D eigenvalue weighted by atomic mass is 10.2. The maximum absolute atomic E-state index is 13.3. The number of rotatable bonds is 6. The lowest BCUT2D eigenvalue weighted by Gasteiger charge is -2.34. The molecule has 2 aliphatic rings. The van der Waals surface area contributed by atoms with Crippen LogP contribution in [0.4, 0.5) is 11.6 Å². The van der Waals surface area contributed by atoms with Crippen molar-refractivity contribution < 1.29 is 9.59 Å². The number of halogens is 1. The summed E-state index contributed by atoms with van der Waals surface area (Å²) in [4.78, 5) is 48.1. The van der Waals surface area contributed by atoms with E-state index in [0.29, 0.717) is 66.3 Å². The first-order chi connectivity index (χ1) is 18.9. The highest BCUT2D eigenvalue weighted by atomic mass is 35.5. The smallest absolute Gasteiger partial charge is 0.270 e. The second kappa shape index (κ2) is 10.7. The Morgan fingerprint density at radius 2 is 1.79 bits per heavy atom. The fraction of sp³-hybridized carbons (Fsp3) is 0.370. The fourth-order valence-corrected chi connectivity index (χ4v) is 5.43. The lowest BCUT2D eigenvalue weighted by Crippen LogP contribution is -2.51. The molecule has 11 nitrogen and oxygen atoms in total. The molecular formula is C27H30ClN9O2. The highest BCUT2D eigenvalue weighted by Crippen LogP contribution is 2.30. The van der Waals surface area contributed by atoms with Gasteiger partial charge >= 0.3 is 0 Å². The summed E-state index contributed by atoms with van der Waals surface area (Å²) in [5.41, 5.74) is 3.35. The van der Waals surface area contributed by atoms with Gasteiger partial charge in [0.15, 0.2) is 0 Å². The van der Waals surface area contributed by atoms with Gasteiger partial charge in [0.25, 0.3) is 5.91 Å². The molecule has 12 heteroatoms. The zero-order chi connectivity index (χ0) is 26.9. The number of carbonyl (C=O) groups excluding carboxylic acids is 2. The quantitative estimate of drug-likeness (QED) is 0.381. The van der Waals surface area contributed by atoms with Gasteiger partial charge in [0.1, 0.15) is 11.4 Å². The molecular weight excluding hydrogens is 518 g/mol. The van der Waals surface area contributed by atoms with Gasteiger partial charge in [-0.2, -0.15) is 0 Å². The average Bonchev–Trinajstić information content (AvgIpc) is 3.70. The van der Waals surface area contributed by atoms with Crippen LogP contribution in [0.1, 0.15) is 23.3 Å². The maximum atomic E-state index is 13.3. The summed E-state index contributed by atoms with van der Waals surface area (Å²) in [6.07, 6.45) is 7.47. The second-order valence-corrected chi connectivity index (χ2v) is 10.5. The molecule has 5 heterocycles. The Morgan fingerprint density at radius 1 is 1.00 bits per heavy atom. The Morgan fingerprint density at radius 3 is 2.54 bits per heavy atom. The van der Waals surface area contributed by atoms with Crippen molar-refractivity contribution in [2.24, 2.45) is 7.05 Å². The zero-order valence-corrected chi connectivity index (χ0v) is 22.5.